The maximum Gasteiger partial charge on any atom is 0.354 e. The van der Waals surface area contributed by atoms with Crippen molar-refractivity contribution in [1.29, 1.82) is 0 Å². The molecular weight excluding hydrogens is 378 g/mol. The Morgan fingerprint density at radius 1 is 0.828 bits per heavy atom. The van der Waals surface area contributed by atoms with Crippen molar-refractivity contribution in [2.24, 2.45) is 0 Å². The molecule has 0 bridgehead atoms. The molecule has 0 spiro atoms. The van der Waals surface area contributed by atoms with E-state index < -0.39 is 11.9 Å². The van der Waals surface area contributed by atoms with Gasteiger partial charge in [-0.05, 0) is 35.4 Å². The standard InChI is InChI=1S/C21H23NO7/c1-25-17-10-14(11-18(26-2)20(17)28-4)13-7-6-8-15(9-13)22-16(21(24)29-5)12-19(23)27-3/h6-12,22H,1-5H3/b16-12+. The predicted molar refractivity (Wildman–Crippen MR) is 107 cm³/mol. The lowest BCUT2D eigenvalue weighted by atomic mass is 10.0. The first-order chi connectivity index (χ1) is 14.0. The lowest BCUT2D eigenvalue weighted by Crippen LogP contribution is -2.15. The van der Waals surface area contributed by atoms with Crippen LogP contribution in [0.2, 0.25) is 0 Å². The van der Waals surface area contributed by atoms with Crippen LogP contribution >= 0.6 is 0 Å². The number of hydrogen-bond donors (Lipinski definition) is 1. The number of rotatable bonds is 8. The molecular formula is C21H23NO7. The van der Waals surface area contributed by atoms with Crippen LogP contribution in [0.4, 0.5) is 5.69 Å². The largest absolute Gasteiger partial charge is 0.493 e. The van der Waals surface area contributed by atoms with Gasteiger partial charge in [0.05, 0.1) is 41.6 Å². The number of anilines is 1. The van der Waals surface area contributed by atoms with Gasteiger partial charge in [0.25, 0.3) is 0 Å². The van der Waals surface area contributed by atoms with Crippen molar-refractivity contribution in [3.63, 3.8) is 0 Å². The van der Waals surface area contributed by atoms with Gasteiger partial charge in [-0.1, -0.05) is 12.1 Å². The first-order valence-corrected chi connectivity index (χ1v) is 8.52. The molecule has 2 aromatic carbocycles. The Bertz CT molecular complexity index is 896. The van der Waals surface area contributed by atoms with Crippen LogP contribution in [0.3, 0.4) is 0 Å². The summed E-state index contributed by atoms with van der Waals surface area (Å²) in [6.45, 7) is 0. The molecule has 0 fully saturated rings. The quantitative estimate of drug-likeness (QED) is 0.533. The molecule has 0 amide bonds. The number of ether oxygens (including phenoxy) is 5. The van der Waals surface area contributed by atoms with Gasteiger partial charge in [-0.25, -0.2) is 9.59 Å². The predicted octanol–water partition coefficient (Wildman–Crippen LogP) is 3.02. The van der Waals surface area contributed by atoms with Crippen LogP contribution in [-0.2, 0) is 19.1 Å². The fourth-order valence-electron chi connectivity index (χ4n) is 2.61. The van der Waals surface area contributed by atoms with E-state index in [9.17, 15) is 9.59 Å². The van der Waals surface area contributed by atoms with E-state index in [1.54, 1.807) is 32.4 Å². The fourth-order valence-corrected chi connectivity index (χ4v) is 2.61. The number of esters is 2. The number of carbonyl (C=O) groups is 2. The van der Waals surface area contributed by atoms with Crippen LogP contribution in [0.5, 0.6) is 17.2 Å². The minimum Gasteiger partial charge on any atom is -0.493 e. The van der Waals surface area contributed by atoms with Crippen LogP contribution in [0.15, 0.2) is 48.2 Å². The molecule has 29 heavy (non-hydrogen) atoms. The number of carbonyl (C=O) groups excluding carboxylic acids is 2. The molecule has 0 saturated carbocycles. The van der Waals surface area contributed by atoms with Crippen LogP contribution < -0.4 is 19.5 Å². The average molecular weight is 401 g/mol. The van der Waals surface area contributed by atoms with Crippen molar-refractivity contribution in [1.82, 2.24) is 0 Å². The molecule has 0 atom stereocenters. The Morgan fingerprint density at radius 2 is 1.48 bits per heavy atom. The van der Waals surface area contributed by atoms with Crippen LogP contribution in [0.25, 0.3) is 11.1 Å². The Hall–Kier alpha value is -3.68. The number of hydrogen-bond acceptors (Lipinski definition) is 8. The Balaban J connectivity index is 2.44. The normalized spacial score (nSPS) is 10.7. The van der Waals surface area contributed by atoms with Gasteiger partial charge in [0, 0.05) is 5.69 Å². The van der Waals surface area contributed by atoms with Gasteiger partial charge in [-0.3, -0.25) is 0 Å². The third-order valence-electron chi connectivity index (χ3n) is 4.01. The summed E-state index contributed by atoms with van der Waals surface area (Å²) >= 11 is 0. The zero-order chi connectivity index (χ0) is 21.4. The van der Waals surface area contributed by atoms with Crippen LogP contribution in [0, 0.1) is 0 Å². The second-order valence-corrected chi connectivity index (χ2v) is 5.69. The van der Waals surface area contributed by atoms with Gasteiger partial charge in [0.1, 0.15) is 5.70 Å². The topological polar surface area (TPSA) is 92.3 Å². The second kappa shape index (κ2) is 10.0. The lowest BCUT2D eigenvalue weighted by molar-refractivity contribution is -0.138. The molecule has 0 unspecified atom stereocenters. The highest BCUT2D eigenvalue weighted by atomic mass is 16.5. The van der Waals surface area contributed by atoms with Crippen LogP contribution in [0.1, 0.15) is 0 Å². The molecule has 0 saturated heterocycles. The zero-order valence-corrected chi connectivity index (χ0v) is 16.9. The molecule has 8 heteroatoms. The summed E-state index contributed by atoms with van der Waals surface area (Å²) in [5.74, 6) is 0.136. The molecule has 1 N–H and O–H groups in total. The van der Waals surface area contributed by atoms with Crippen molar-refractivity contribution in [2.45, 2.75) is 0 Å². The molecule has 0 aromatic heterocycles. The Labute approximate surface area is 169 Å². The maximum atomic E-state index is 12.0. The molecule has 2 aromatic rings. The molecule has 0 aliphatic heterocycles. The monoisotopic (exact) mass is 401 g/mol. The molecule has 0 heterocycles. The lowest BCUT2D eigenvalue weighted by Gasteiger charge is -2.15. The van der Waals surface area contributed by atoms with Gasteiger partial charge < -0.3 is 29.0 Å². The molecule has 0 aliphatic carbocycles. The molecule has 8 nitrogen and oxygen atoms in total. The third kappa shape index (κ3) is 5.19. The van der Waals surface area contributed by atoms with E-state index >= 15 is 0 Å². The van der Waals surface area contributed by atoms with Gasteiger partial charge in [-0.2, -0.15) is 0 Å². The molecule has 154 valence electrons. The van der Waals surface area contributed by atoms with Crippen LogP contribution in [-0.4, -0.2) is 47.5 Å². The van der Waals surface area contributed by atoms with Gasteiger partial charge in [-0.15, -0.1) is 0 Å². The van der Waals surface area contributed by atoms with Crippen molar-refractivity contribution in [3.8, 4) is 28.4 Å². The summed E-state index contributed by atoms with van der Waals surface area (Å²) < 4.78 is 25.4. The van der Waals surface area contributed by atoms with E-state index in [4.69, 9.17) is 18.9 Å². The summed E-state index contributed by atoms with van der Waals surface area (Å²) in [5.41, 5.74) is 2.13. The highest BCUT2D eigenvalue weighted by Gasteiger charge is 2.16. The van der Waals surface area contributed by atoms with Crippen molar-refractivity contribution in [2.75, 3.05) is 40.9 Å². The Morgan fingerprint density at radius 3 is 2.00 bits per heavy atom. The van der Waals surface area contributed by atoms with Crippen molar-refractivity contribution >= 4 is 17.6 Å². The first kappa shape index (κ1) is 21.6. The first-order valence-electron chi connectivity index (χ1n) is 8.52. The summed E-state index contributed by atoms with van der Waals surface area (Å²) in [4.78, 5) is 23.5. The summed E-state index contributed by atoms with van der Waals surface area (Å²) in [7, 11) is 7.06. The van der Waals surface area contributed by atoms with E-state index in [0.29, 0.717) is 22.9 Å². The van der Waals surface area contributed by atoms with Crippen molar-refractivity contribution in [3.05, 3.63) is 48.2 Å². The van der Waals surface area contributed by atoms with E-state index in [1.807, 2.05) is 18.2 Å². The smallest absolute Gasteiger partial charge is 0.354 e. The minimum atomic E-state index is -0.700. The summed E-state index contributed by atoms with van der Waals surface area (Å²) in [6.07, 6.45) is 1.03. The highest BCUT2D eigenvalue weighted by Crippen LogP contribution is 2.41. The summed E-state index contributed by atoms with van der Waals surface area (Å²) in [5, 5.41) is 2.88. The molecule has 2 rings (SSSR count). The zero-order valence-electron chi connectivity index (χ0n) is 16.9. The molecule has 0 aliphatic rings. The number of benzene rings is 2. The Kier molecular flexibility index (Phi) is 7.47. The highest BCUT2D eigenvalue weighted by molar-refractivity contribution is 5.98. The van der Waals surface area contributed by atoms with Gasteiger partial charge in [0.15, 0.2) is 11.5 Å². The number of methoxy groups -OCH3 is 5. The van der Waals surface area contributed by atoms with E-state index in [0.717, 1.165) is 17.2 Å². The minimum absolute atomic E-state index is 0.0543. The number of nitrogens with one attached hydrogen (secondary N) is 1. The molecule has 0 radical (unpaired) electrons. The van der Waals surface area contributed by atoms with E-state index in [1.165, 1.54) is 21.3 Å². The fraction of sp³-hybridized carbons (Fsp3) is 0.238. The SMILES string of the molecule is COC(=O)/C=C(/Nc1cccc(-c2cc(OC)c(OC)c(OC)c2)c1)C(=O)OC. The van der Waals surface area contributed by atoms with Gasteiger partial charge in [0.2, 0.25) is 5.75 Å². The second-order valence-electron chi connectivity index (χ2n) is 5.69. The maximum absolute atomic E-state index is 12.0. The summed E-state index contributed by atoms with van der Waals surface area (Å²) in [6, 6.07) is 10.9. The third-order valence-corrected chi connectivity index (χ3v) is 4.01. The van der Waals surface area contributed by atoms with Crippen molar-refractivity contribution < 1.29 is 33.3 Å². The van der Waals surface area contributed by atoms with E-state index in [2.05, 4.69) is 10.1 Å². The average Bonchev–Trinajstić information content (AvgIpc) is 2.76. The van der Waals surface area contributed by atoms with E-state index in [-0.39, 0.29) is 5.70 Å². The van der Waals surface area contributed by atoms with Gasteiger partial charge >= 0.3 is 11.9 Å².